The van der Waals surface area contributed by atoms with Crippen LogP contribution in [0.25, 0.3) is 0 Å². The van der Waals surface area contributed by atoms with Gasteiger partial charge in [0.1, 0.15) is 0 Å². The fourth-order valence-electron chi connectivity index (χ4n) is 2.06. The molecule has 1 N–H and O–H groups in total. The minimum absolute atomic E-state index is 0.161. The van der Waals surface area contributed by atoms with Crippen LogP contribution in [0.2, 0.25) is 0 Å². The van der Waals surface area contributed by atoms with Crippen LogP contribution in [0.4, 0.5) is 18.9 Å². The molecule has 0 fully saturated rings. The van der Waals surface area contributed by atoms with E-state index < -0.39 is 11.7 Å². The quantitative estimate of drug-likeness (QED) is 0.625. The molecule has 0 amide bonds. The van der Waals surface area contributed by atoms with Crippen LogP contribution in [-0.2, 0) is 6.18 Å². The Labute approximate surface area is 132 Å². The van der Waals surface area contributed by atoms with Crippen molar-refractivity contribution in [1.82, 2.24) is 0 Å². The lowest BCUT2D eigenvalue weighted by Gasteiger charge is -2.07. The highest BCUT2D eigenvalue weighted by atomic mass is 19.4. The Morgan fingerprint density at radius 3 is 2.30 bits per heavy atom. The molecule has 2 aromatic rings. The first-order valence-electron chi connectivity index (χ1n) is 6.99. The smallest absolute Gasteiger partial charge is 0.362 e. The average molecular weight is 319 g/mol. The van der Waals surface area contributed by atoms with Gasteiger partial charge in [0.15, 0.2) is 5.78 Å². The van der Waals surface area contributed by atoms with Gasteiger partial charge < -0.3 is 5.32 Å². The molecule has 0 bridgehead atoms. The summed E-state index contributed by atoms with van der Waals surface area (Å²) in [5.74, 6) is -0.161. The van der Waals surface area contributed by atoms with E-state index in [0.29, 0.717) is 11.3 Å². The van der Waals surface area contributed by atoms with Crippen LogP contribution in [-0.4, -0.2) is 5.78 Å². The van der Waals surface area contributed by atoms with E-state index in [1.165, 1.54) is 24.4 Å². The van der Waals surface area contributed by atoms with Gasteiger partial charge >= 0.3 is 6.18 Å². The molecule has 0 atom stereocenters. The number of carbonyl (C=O) groups excluding carboxylic acids is 1. The van der Waals surface area contributed by atoms with Crippen molar-refractivity contribution in [2.45, 2.75) is 20.0 Å². The Morgan fingerprint density at radius 1 is 1.04 bits per heavy atom. The highest BCUT2D eigenvalue weighted by Crippen LogP contribution is 2.29. The lowest BCUT2D eigenvalue weighted by Crippen LogP contribution is -2.04. The number of hydrogen-bond acceptors (Lipinski definition) is 2. The van der Waals surface area contributed by atoms with Gasteiger partial charge in [-0.25, -0.2) is 0 Å². The number of alkyl halides is 3. The number of allylic oxidation sites excluding steroid dienone is 1. The molecule has 2 rings (SSSR count). The second-order valence-corrected chi connectivity index (χ2v) is 5.24. The number of ketones is 1. The highest BCUT2D eigenvalue weighted by molar-refractivity contribution is 6.05. The van der Waals surface area contributed by atoms with E-state index in [9.17, 15) is 18.0 Å². The summed E-state index contributed by atoms with van der Waals surface area (Å²) in [5, 5.41) is 2.79. The summed E-state index contributed by atoms with van der Waals surface area (Å²) >= 11 is 0. The number of carbonyl (C=O) groups is 1. The fourth-order valence-corrected chi connectivity index (χ4v) is 2.06. The van der Waals surface area contributed by atoms with E-state index >= 15 is 0 Å². The van der Waals surface area contributed by atoms with Crippen LogP contribution in [0.15, 0.2) is 54.7 Å². The van der Waals surface area contributed by atoms with E-state index in [1.54, 1.807) is 6.07 Å². The third kappa shape index (κ3) is 4.45. The lowest BCUT2D eigenvalue weighted by atomic mass is 10.0. The van der Waals surface area contributed by atoms with Crippen molar-refractivity contribution in [3.63, 3.8) is 0 Å². The number of benzene rings is 2. The van der Waals surface area contributed by atoms with Gasteiger partial charge in [-0.15, -0.1) is 0 Å². The zero-order chi connectivity index (χ0) is 17.0. The Balaban J connectivity index is 2.04. The van der Waals surface area contributed by atoms with Gasteiger partial charge in [-0.05, 0) is 49.7 Å². The van der Waals surface area contributed by atoms with Crippen molar-refractivity contribution >= 4 is 11.5 Å². The molecule has 0 radical (unpaired) electrons. The predicted octanol–water partition coefficient (Wildman–Crippen LogP) is 5.13. The van der Waals surface area contributed by atoms with E-state index in [0.717, 1.165) is 23.3 Å². The van der Waals surface area contributed by atoms with Crippen LogP contribution in [0.1, 0.15) is 27.0 Å². The predicted molar refractivity (Wildman–Crippen MR) is 84.5 cm³/mol. The second kappa shape index (κ2) is 6.69. The monoisotopic (exact) mass is 319 g/mol. The molecule has 5 heteroatoms. The molecular weight excluding hydrogens is 303 g/mol. The van der Waals surface area contributed by atoms with Gasteiger partial charge in [-0.2, -0.15) is 13.2 Å². The molecule has 23 heavy (non-hydrogen) atoms. The topological polar surface area (TPSA) is 29.1 Å². The summed E-state index contributed by atoms with van der Waals surface area (Å²) in [5.41, 5.74) is 2.24. The average Bonchev–Trinajstić information content (AvgIpc) is 2.49. The van der Waals surface area contributed by atoms with Gasteiger partial charge in [0.2, 0.25) is 0 Å². The zero-order valence-corrected chi connectivity index (χ0v) is 12.7. The molecule has 0 spiro atoms. The van der Waals surface area contributed by atoms with Gasteiger partial charge in [0, 0.05) is 23.5 Å². The molecule has 0 aliphatic carbocycles. The van der Waals surface area contributed by atoms with Gasteiger partial charge in [-0.3, -0.25) is 4.79 Å². The van der Waals surface area contributed by atoms with Gasteiger partial charge in [0.05, 0.1) is 5.56 Å². The maximum Gasteiger partial charge on any atom is 0.416 e. The highest BCUT2D eigenvalue weighted by Gasteiger charge is 2.29. The third-order valence-electron chi connectivity index (χ3n) is 3.36. The molecule has 0 unspecified atom stereocenters. The summed E-state index contributed by atoms with van der Waals surface area (Å²) < 4.78 is 37.4. The van der Waals surface area contributed by atoms with Crippen molar-refractivity contribution in [3.05, 3.63) is 77.0 Å². The number of rotatable bonds is 4. The third-order valence-corrected chi connectivity index (χ3v) is 3.36. The molecule has 0 aliphatic rings. The van der Waals surface area contributed by atoms with Crippen molar-refractivity contribution in [2.75, 3.05) is 5.32 Å². The number of anilines is 1. The minimum Gasteiger partial charge on any atom is -0.362 e. The Hall–Kier alpha value is -2.56. The molecule has 2 aromatic carbocycles. The number of halogens is 3. The number of aryl methyl sites for hydroxylation is 2. The maximum atomic E-state index is 12.5. The van der Waals surface area contributed by atoms with E-state index in [-0.39, 0.29) is 5.78 Å². The lowest BCUT2D eigenvalue weighted by molar-refractivity contribution is -0.137. The van der Waals surface area contributed by atoms with Crippen molar-refractivity contribution in [2.24, 2.45) is 0 Å². The van der Waals surface area contributed by atoms with E-state index in [2.05, 4.69) is 5.32 Å². The Morgan fingerprint density at radius 2 is 1.70 bits per heavy atom. The van der Waals surface area contributed by atoms with Crippen LogP contribution in [0, 0.1) is 13.8 Å². The zero-order valence-electron chi connectivity index (χ0n) is 12.7. The van der Waals surface area contributed by atoms with Crippen molar-refractivity contribution in [1.29, 1.82) is 0 Å². The van der Waals surface area contributed by atoms with Crippen molar-refractivity contribution < 1.29 is 18.0 Å². The molecule has 120 valence electrons. The Bertz CT molecular complexity index is 731. The minimum atomic E-state index is -4.35. The first-order chi connectivity index (χ1) is 10.8. The summed E-state index contributed by atoms with van der Waals surface area (Å²) in [4.78, 5) is 12.1. The number of nitrogens with one attached hydrogen (secondary N) is 1. The van der Waals surface area contributed by atoms with Crippen LogP contribution >= 0.6 is 0 Å². The standard InChI is InChI=1S/C18H16F3NO/c1-12-3-4-13(2)16(11-12)17(23)9-10-22-15-7-5-14(6-8-15)18(19,20)21/h3-11,22H,1-2H3. The first-order valence-corrected chi connectivity index (χ1v) is 6.99. The first kappa shape index (κ1) is 16.8. The fraction of sp³-hybridized carbons (Fsp3) is 0.167. The van der Waals surface area contributed by atoms with Crippen LogP contribution in [0.3, 0.4) is 0 Å². The molecule has 0 heterocycles. The molecule has 0 aromatic heterocycles. The summed E-state index contributed by atoms with van der Waals surface area (Å²) in [7, 11) is 0. The van der Waals surface area contributed by atoms with Crippen LogP contribution in [0.5, 0.6) is 0 Å². The van der Waals surface area contributed by atoms with Crippen LogP contribution < -0.4 is 5.32 Å². The molecule has 2 nitrogen and oxygen atoms in total. The number of hydrogen-bond donors (Lipinski definition) is 1. The summed E-state index contributed by atoms with van der Waals surface area (Å²) in [6.45, 7) is 3.75. The van der Waals surface area contributed by atoms with Crippen molar-refractivity contribution in [3.8, 4) is 0 Å². The largest absolute Gasteiger partial charge is 0.416 e. The molecule has 0 saturated carbocycles. The molecule has 0 aliphatic heterocycles. The summed E-state index contributed by atoms with van der Waals surface area (Å²) in [6.07, 6.45) is -1.57. The summed E-state index contributed by atoms with van der Waals surface area (Å²) in [6, 6.07) is 10.2. The van der Waals surface area contributed by atoms with E-state index in [4.69, 9.17) is 0 Å². The second-order valence-electron chi connectivity index (χ2n) is 5.24. The van der Waals surface area contributed by atoms with E-state index in [1.807, 2.05) is 26.0 Å². The Kier molecular flexibility index (Phi) is 4.89. The van der Waals surface area contributed by atoms with Gasteiger partial charge in [-0.1, -0.05) is 17.7 Å². The normalized spacial score (nSPS) is 11.7. The maximum absolute atomic E-state index is 12.5. The van der Waals surface area contributed by atoms with Gasteiger partial charge in [0.25, 0.3) is 0 Å². The SMILES string of the molecule is Cc1ccc(C)c(C(=O)C=CNc2ccc(C(F)(F)F)cc2)c1. The molecular formula is C18H16F3NO. The molecule has 0 saturated heterocycles.